The van der Waals surface area contributed by atoms with Crippen molar-refractivity contribution in [1.82, 2.24) is 5.32 Å². The van der Waals surface area contributed by atoms with Gasteiger partial charge in [0.25, 0.3) is 0 Å². The Kier molecular flexibility index (Phi) is 4.47. The first-order valence-electron chi connectivity index (χ1n) is 7.48. The summed E-state index contributed by atoms with van der Waals surface area (Å²) in [5.41, 5.74) is 2.42. The normalized spacial score (nSPS) is 25.1. The van der Waals surface area contributed by atoms with Crippen molar-refractivity contribution in [2.45, 2.75) is 19.0 Å². The van der Waals surface area contributed by atoms with Gasteiger partial charge in [0.05, 0.1) is 24.7 Å². The summed E-state index contributed by atoms with van der Waals surface area (Å²) in [4.78, 5) is 2.32. The molecule has 0 amide bonds. The number of ether oxygens (including phenoxy) is 1. The van der Waals surface area contributed by atoms with Crippen LogP contribution in [0.4, 0.5) is 5.69 Å². The molecule has 1 N–H and O–H groups in total. The lowest BCUT2D eigenvalue weighted by atomic mass is 10.1. The molecule has 21 heavy (non-hydrogen) atoms. The molecule has 1 atom stereocenters. The molecular formula is C15H22N2O3S. The molecule has 0 unspecified atom stereocenters. The molecule has 0 saturated carbocycles. The fourth-order valence-electron chi connectivity index (χ4n) is 2.86. The molecule has 2 fully saturated rings. The van der Waals surface area contributed by atoms with Crippen LogP contribution in [0.1, 0.15) is 12.0 Å². The van der Waals surface area contributed by atoms with Crippen molar-refractivity contribution >= 4 is 15.5 Å². The SMILES string of the molecule is O=S1(=O)CC[C@@H](NCc2ccc(N3CCOCC3)cc2)C1. The summed E-state index contributed by atoms with van der Waals surface area (Å²) in [6.45, 7) is 4.19. The molecule has 1 aromatic carbocycles. The molecule has 116 valence electrons. The van der Waals surface area contributed by atoms with E-state index >= 15 is 0 Å². The van der Waals surface area contributed by atoms with Gasteiger partial charge in [0, 0.05) is 31.4 Å². The molecule has 0 spiro atoms. The molecule has 1 aromatic rings. The molecule has 3 rings (SSSR count). The molecular weight excluding hydrogens is 288 g/mol. The number of benzene rings is 1. The van der Waals surface area contributed by atoms with Gasteiger partial charge in [-0.25, -0.2) is 8.42 Å². The van der Waals surface area contributed by atoms with Crippen LogP contribution in [0, 0.1) is 0 Å². The fraction of sp³-hybridized carbons (Fsp3) is 0.600. The average Bonchev–Trinajstić information content (AvgIpc) is 2.86. The highest BCUT2D eigenvalue weighted by Crippen LogP contribution is 2.17. The lowest BCUT2D eigenvalue weighted by Crippen LogP contribution is -2.36. The molecule has 2 aliphatic rings. The highest BCUT2D eigenvalue weighted by molar-refractivity contribution is 7.91. The zero-order valence-electron chi connectivity index (χ0n) is 12.1. The minimum Gasteiger partial charge on any atom is -0.378 e. The summed E-state index contributed by atoms with van der Waals surface area (Å²) in [5, 5.41) is 3.34. The lowest BCUT2D eigenvalue weighted by molar-refractivity contribution is 0.122. The smallest absolute Gasteiger partial charge is 0.151 e. The highest BCUT2D eigenvalue weighted by atomic mass is 32.2. The minimum atomic E-state index is -2.80. The third-order valence-corrected chi connectivity index (χ3v) is 5.91. The van der Waals surface area contributed by atoms with E-state index in [1.165, 1.54) is 11.3 Å². The topological polar surface area (TPSA) is 58.6 Å². The predicted octanol–water partition coefficient (Wildman–Crippen LogP) is 0.800. The Bertz CT molecular complexity index is 565. The van der Waals surface area contributed by atoms with Crippen LogP contribution in [0.5, 0.6) is 0 Å². The minimum absolute atomic E-state index is 0.105. The molecule has 2 saturated heterocycles. The van der Waals surface area contributed by atoms with E-state index in [1.54, 1.807) is 0 Å². The van der Waals surface area contributed by atoms with Crippen LogP contribution in [0.3, 0.4) is 0 Å². The maximum atomic E-state index is 11.4. The summed E-state index contributed by atoms with van der Waals surface area (Å²) in [7, 11) is -2.80. The Hall–Kier alpha value is -1.11. The van der Waals surface area contributed by atoms with Crippen LogP contribution >= 0.6 is 0 Å². The van der Waals surface area contributed by atoms with Crippen molar-refractivity contribution in [1.29, 1.82) is 0 Å². The molecule has 5 nitrogen and oxygen atoms in total. The Balaban J connectivity index is 1.52. The first-order chi connectivity index (χ1) is 10.1. The number of anilines is 1. The summed E-state index contributed by atoms with van der Waals surface area (Å²) in [6.07, 6.45) is 0.730. The van der Waals surface area contributed by atoms with Crippen molar-refractivity contribution in [2.75, 3.05) is 42.7 Å². The van der Waals surface area contributed by atoms with Gasteiger partial charge in [0.2, 0.25) is 0 Å². The second-order valence-corrected chi connectivity index (χ2v) is 7.98. The highest BCUT2D eigenvalue weighted by Gasteiger charge is 2.27. The number of nitrogens with zero attached hydrogens (tertiary/aromatic N) is 1. The van der Waals surface area contributed by atoms with E-state index in [1.807, 2.05) is 0 Å². The molecule has 0 radical (unpaired) electrons. The van der Waals surface area contributed by atoms with E-state index in [0.29, 0.717) is 5.75 Å². The van der Waals surface area contributed by atoms with Crippen LogP contribution in [0.2, 0.25) is 0 Å². The molecule has 2 heterocycles. The Morgan fingerprint density at radius 1 is 1.19 bits per heavy atom. The van der Waals surface area contributed by atoms with E-state index in [4.69, 9.17) is 4.74 Å². The zero-order chi connectivity index (χ0) is 14.7. The zero-order valence-corrected chi connectivity index (χ0v) is 12.9. The second kappa shape index (κ2) is 6.34. The summed E-state index contributed by atoms with van der Waals surface area (Å²) in [6, 6.07) is 8.60. The number of nitrogens with one attached hydrogen (secondary N) is 1. The van der Waals surface area contributed by atoms with Gasteiger partial charge in [-0.1, -0.05) is 12.1 Å². The van der Waals surface area contributed by atoms with E-state index < -0.39 is 9.84 Å². The quantitative estimate of drug-likeness (QED) is 0.891. The fourth-order valence-corrected chi connectivity index (χ4v) is 4.57. The number of rotatable bonds is 4. The van der Waals surface area contributed by atoms with Gasteiger partial charge in [0.15, 0.2) is 9.84 Å². The number of hydrogen-bond donors (Lipinski definition) is 1. The number of hydrogen-bond acceptors (Lipinski definition) is 5. The van der Waals surface area contributed by atoms with Crippen molar-refractivity contribution < 1.29 is 13.2 Å². The Morgan fingerprint density at radius 3 is 2.52 bits per heavy atom. The first-order valence-corrected chi connectivity index (χ1v) is 9.30. The van der Waals surface area contributed by atoms with Crippen molar-refractivity contribution in [3.8, 4) is 0 Å². The molecule has 0 bridgehead atoms. The van der Waals surface area contributed by atoms with Gasteiger partial charge in [-0.15, -0.1) is 0 Å². The van der Waals surface area contributed by atoms with Gasteiger partial charge < -0.3 is 15.0 Å². The summed E-state index contributed by atoms with van der Waals surface area (Å²) in [5.74, 6) is 0.597. The monoisotopic (exact) mass is 310 g/mol. The predicted molar refractivity (Wildman–Crippen MR) is 83.4 cm³/mol. The molecule has 6 heteroatoms. The van der Waals surface area contributed by atoms with E-state index in [-0.39, 0.29) is 11.8 Å². The summed E-state index contributed by atoms with van der Waals surface area (Å²) < 4.78 is 28.2. The average molecular weight is 310 g/mol. The van der Waals surface area contributed by atoms with E-state index in [9.17, 15) is 8.42 Å². The van der Waals surface area contributed by atoms with Crippen LogP contribution in [0.15, 0.2) is 24.3 Å². The third kappa shape index (κ3) is 3.96. The number of sulfone groups is 1. The van der Waals surface area contributed by atoms with Crippen molar-refractivity contribution in [3.63, 3.8) is 0 Å². The lowest BCUT2D eigenvalue weighted by Gasteiger charge is -2.29. The van der Waals surface area contributed by atoms with Gasteiger partial charge >= 0.3 is 0 Å². The van der Waals surface area contributed by atoms with Gasteiger partial charge in [0.1, 0.15) is 0 Å². The van der Waals surface area contributed by atoms with E-state index in [0.717, 1.165) is 39.3 Å². The van der Waals surface area contributed by atoms with Crippen LogP contribution in [0.25, 0.3) is 0 Å². The molecule has 0 aliphatic carbocycles. The van der Waals surface area contributed by atoms with Crippen LogP contribution in [-0.4, -0.2) is 52.3 Å². The van der Waals surface area contributed by atoms with Gasteiger partial charge in [-0.2, -0.15) is 0 Å². The number of morpholine rings is 1. The second-order valence-electron chi connectivity index (χ2n) is 5.75. The third-order valence-electron chi connectivity index (χ3n) is 4.14. The van der Waals surface area contributed by atoms with Crippen molar-refractivity contribution in [2.24, 2.45) is 0 Å². The largest absolute Gasteiger partial charge is 0.378 e. The maximum Gasteiger partial charge on any atom is 0.151 e. The first kappa shape index (κ1) is 14.8. The van der Waals surface area contributed by atoms with Gasteiger partial charge in [-0.3, -0.25) is 0 Å². The van der Waals surface area contributed by atoms with E-state index in [2.05, 4.69) is 34.5 Å². The van der Waals surface area contributed by atoms with Gasteiger partial charge in [-0.05, 0) is 24.1 Å². The molecule has 0 aromatic heterocycles. The summed E-state index contributed by atoms with van der Waals surface area (Å²) >= 11 is 0. The van der Waals surface area contributed by atoms with Crippen LogP contribution in [-0.2, 0) is 21.1 Å². The Morgan fingerprint density at radius 2 is 1.90 bits per heavy atom. The van der Waals surface area contributed by atoms with Crippen molar-refractivity contribution in [3.05, 3.63) is 29.8 Å². The maximum absolute atomic E-state index is 11.4. The van der Waals surface area contributed by atoms with Crippen LogP contribution < -0.4 is 10.2 Å². The Labute approximate surface area is 126 Å². The molecule has 2 aliphatic heterocycles. The standard InChI is InChI=1S/C15H22N2O3S/c18-21(19)10-5-14(12-21)16-11-13-1-3-15(4-2-13)17-6-8-20-9-7-17/h1-4,14,16H,5-12H2/t14-/m1/s1.